The predicted molar refractivity (Wildman–Crippen MR) is 87.9 cm³/mol. The van der Waals surface area contributed by atoms with E-state index in [-0.39, 0.29) is 6.04 Å². The van der Waals surface area contributed by atoms with Gasteiger partial charge in [-0.2, -0.15) is 0 Å². The number of hydrogen-bond acceptors (Lipinski definition) is 4. The summed E-state index contributed by atoms with van der Waals surface area (Å²) in [6.07, 6.45) is 4.27. The fourth-order valence-electron chi connectivity index (χ4n) is 2.22. The van der Waals surface area contributed by atoms with Gasteiger partial charge in [-0.15, -0.1) is 0 Å². The van der Waals surface area contributed by atoms with Crippen LogP contribution in [0.15, 0.2) is 30.3 Å². The summed E-state index contributed by atoms with van der Waals surface area (Å²) in [4.78, 5) is 0. The lowest BCUT2D eigenvalue weighted by Gasteiger charge is -2.27. The van der Waals surface area contributed by atoms with Crippen molar-refractivity contribution in [3.8, 4) is 0 Å². The first-order valence-electron chi connectivity index (χ1n) is 7.69. The van der Waals surface area contributed by atoms with Crippen LogP contribution in [0.2, 0.25) is 6.04 Å². The second-order valence-corrected chi connectivity index (χ2v) is 8.28. The number of rotatable bonds is 11. The Balaban J connectivity index is 2.49. The molecule has 0 radical (unpaired) electrons. The van der Waals surface area contributed by atoms with E-state index in [0.717, 1.165) is 24.4 Å². The van der Waals surface area contributed by atoms with E-state index in [0.29, 0.717) is 6.61 Å². The second-order valence-electron chi connectivity index (χ2n) is 5.31. The first-order valence-corrected chi connectivity index (χ1v) is 9.62. The Bertz CT molecular complexity index is 371. The molecule has 4 nitrogen and oxygen atoms in total. The Morgan fingerprint density at radius 1 is 1.10 bits per heavy atom. The molecule has 0 fully saturated rings. The summed E-state index contributed by atoms with van der Waals surface area (Å²) in [6.45, 7) is 2.69. The zero-order chi connectivity index (χ0) is 15.6. The van der Waals surface area contributed by atoms with Crippen molar-refractivity contribution in [1.29, 1.82) is 0 Å². The highest BCUT2D eigenvalue weighted by Crippen LogP contribution is 2.20. The van der Waals surface area contributed by atoms with Gasteiger partial charge in [0.1, 0.15) is 0 Å². The fraction of sp³-hybridized carbons (Fsp3) is 0.625. The van der Waals surface area contributed by atoms with Gasteiger partial charge in [0.05, 0.1) is 6.61 Å². The number of unbranched alkanes of at least 4 members (excludes halogenated alkanes) is 1. The maximum absolute atomic E-state index is 6.14. The molecule has 0 saturated heterocycles. The monoisotopic (exact) mass is 311 g/mol. The zero-order valence-corrected chi connectivity index (χ0v) is 14.5. The molecule has 0 amide bonds. The van der Waals surface area contributed by atoms with Crippen molar-refractivity contribution in [2.24, 2.45) is 5.73 Å². The minimum absolute atomic E-state index is 0.197. The number of hydrogen-bond donors (Lipinski definition) is 1. The van der Waals surface area contributed by atoms with E-state index >= 15 is 0 Å². The van der Waals surface area contributed by atoms with Crippen LogP contribution < -0.4 is 5.73 Å². The third-order valence-corrected chi connectivity index (χ3v) is 6.40. The van der Waals surface area contributed by atoms with Crippen molar-refractivity contribution >= 4 is 8.80 Å². The van der Waals surface area contributed by atoms with Crippen molar-refractivity contribution < 1.29 is 13.3 Å². The van der Waals surface area contributed by atoms with Crippen molar-refractivity contribution in [2.45, 2.75) is 51.3 Å². The normalized spacial score (nSPS) is 13.3. The van der Waals surface area contributed by atoms with Gasteiger partial charge in [0.15, 0.2) is 0 Å². The lowest BCUT2D eigenvalue weighted by Crippen LogP contribution is -2.44. The van der Waals surface area contributed by atoms with Gasteiger partial charge < -0.3 is 19.0 Å². The summed E-state index contributed by atoms with van der Waals surface area (Å²) in [6, 6.07) is 11.0. The summed E-state index contributed by atoms with van der Waals surface area (Å²) >= 11 is 0. The van der Waals surface area contributed by atoms with Crippen LogP contribution in [0.25, 0.3) is 0 Å². The van der Waals surface area contributed by atoms with Gasteiger partial charge in [-0.25, -0.2) is 0 Å². The molecule has 0 saturated carbocycles. The van der Waals surface area contributed by atoms with Gasteiger partial charge in [0.2, 0.25) is 0 Å². The molecule has 1 aromatic carbocycles. The average Bonchev–Trinajstić information content (AvgIpc) is 2.54. The number of nitrogens with two attached hydrogens (primary N) is 1. The summed E-state index contributed by atoms with van der Waals surface area (Å²) in [7, 11) is 0.722. The van der Waals surface area contributed by atoms with Gasteiger partial charge in [-0.1, -0.05) is 50.1 Å². The van der Waals surface area contributed by atoms with Crippen LogP contribution in [0.3, 0.4) is 0 Å². The average molecular weight is 311 g/mol. The van der Waals surface area contributed by atoms with Crippen molar-refractivity contribution in [2.75, 3.05) is 14.2 Å². The van der Waals surface area contributed by atoms with Crippen LogP contribution in [0.4, 0.5) is 0 Å². The van der Waals surface area contributed by atoms with Gasteiger partial charge in [-0.3, -0.25) is 0 Å². The van der Waals surface area contributed by atoms with Crippen molar-refractivity contribution in [3.63, 3.8) is 0 Å². The molecule has 0 aliphatic rings. The SMILES string of the molecule is CCCCC(N)CC[Si](OC)(OC)OCc1ccccc1. The third kappa shape index (κ3) is 6.71. The lowest BCUT2D eigenvalue weighted by atomic mass is 10.1. The first kappa shape index (κ1) is 18.3. The maximum Gasteiger partial charge on any atom is 0.500 e. The van der Waals surface area contributed by atoms with Crippen LogP contribution >= 0.6 is 0 Å². The van der Waals surface area contributed by atoms with Crippen LogP contribution in [0.1, 0.15) is 38.2 Å². The van der Waals surface area contributed by atoms with Crippen LogP contribution in [-0.4, -0.2) is 29.1 Å². The molecule has 1 aromatic rings. The van der Waals surface area contributed by atoms with Gasteiger partial charge >= 0.3 is 8.80 Å². The predicted octanol–water partition coefficient (Wildman–Crippen LogP) is 3.34. The van der Waals surface area contributed by atoms with Crippen molar-refractivity contribution in [3.05, 3.63) is 35.9 Å². The van der Waals surface area contributed by atoms with E-state index in [1.807, 2.05) is 30.3 Å². The maximum atomic E-state index is 6.14. The summed E-state index contributed by atoms with van der Waals surface area (Å²) < 4.78 is 17.2. The van der Waals surface area contributed by atoms with Gasteiger partial charge in [0.25, 0.3) is 0 Å². The molecular weight excluding hydrogens is 282 g/mol. The smallest absolute Gasteiger partial charge is 0.377 e. The quantitative estimate of drug-likeness (QED) is 0.637. The van der Waals surface area contributed by atoms with Crippen LogP contribution in [0, 0.1) is 0 Å². The Morgan fingerprint density at radius 2 is 1.76 bits per heavy atom. The Labute approximate surface area is 130 Å². The molecule has 0 bridgehead atoms. The summed E-state index contributed by atoms with van der Waals surface area (Å²) in [5, 5.41) is 0. The minimum atomic E-state index is -2.61. The molecule has 1 atom stereocenters. The largest absolute Gasteiger partial charge is 0.500 e. The Morgan fingerprint density at radius 3 is 2.33 bits per heavy atom. The Hall–Kier alpha value is -0.723. The van der Waals surface area contributed by atoms with Crippen LogP contribution in [0.5, 0.6) is 0 Å². The van der Waals surface area contributed by atoms with E-state index in [1.54, 1.807) is 14.2 Å². The molecular formula is C16H29NO3Si. The molecule has 0 spiro atoms. The van der Waals surface area contributed by atoms with E-state index in [9.17, 15) is 0 Å². The van der Waals surface area contributed by atoms with E-state index in [4.69, 9.17) is 19.0 Å². The summed E-state index contributed by atoms with van der Waals surface area (Å²) in [5.74, 6) is 0. The van der Waals surface area contributed by atoms with Gasteiger partial charge in [-0.05, 0) is 18.4 Å². The highest BCUT2D eigenvalue weighted by Gasteiger charge is 2.39. The fourth-order valence-corrected chi connectivity index (χ4v) is 4.28. The topological polar surface area (TPSA) is 53.7 Å². The first-order chi connectivity index (χ1) is 10.2. The molecule has 0 heterocycles. The molecule has 120 valence electrons. The molecule has 1 rings (SSSR count). The molecule has 1 unspecified atom stereocenters. The highest BCUT2D eigenvalue weighted by atomic mass is 28.4. The molecule has 0 aliphatic carbocycles. The molecule has 2 N–H and O–H groups in total. The molecule has 5 heteroatoms. The van der Waals surface area contributed by atoms with Gasteiger partial charge in [0, 0.05) is 26.3 Å². The second kappa shape index (κ2) is 10.1. The van der Waals surface area contributed by atoms with E-state index in [1.165, 1.54) is 12.8 Å². The van der Waals surface area contributed by atoms with E-state index < -0.39 is 8.80 Å². The zero-order valence-electron chi connectivity index (χ0n) is 13.5. The highest BCUT2D eigenvalue weighted by molar-refractivity contribution is 6.60. The molecule has 0 aromatic heterocycles. The Kier molecular flexibility index (Phi) is 8.80. The number of benzene rings is 1. The van der Waals surface area contributed by atoms with Crippen LogP contribution in [-0.2, 0) is 19.9 Å². The molecule has 0 aliphatic heterocycles. The third-order valence-electron chi connectivity index (χ3n) is 3.67. The minimum Gasteiger partial charge on any atom is -0.377 e. The lowest BCUT2D eigenvalue weighted by molar-refractivity contribution is 0.0901. The molecule has 21 heavy (non-hydrogen) atoms. The van der Waals surface area contributed by atoms with E-state index in [2.05, 4.69) is 6.92 Å². The standard InChI is InChI=1S/C16H29NO3Si/c1-4-5-11-16(17)12-13-21(18-2,19-3)20-14-15-9-7-6-8-10-15/h6-10,16H,4-5,11-14,17H2,1-3H3. The van der Waals surface area contributed by atoms with Crippen molar-refractivity contribution in [1.82, 2.24) is 0 Å². The summed E-state index contributed by atoms with van der Waals surface area (Å²) in [5.41, 5.74) is 7.26.